The number of amides is 1. The van der Waals surface area contributed by atoms with E-state index in [0.717, 1.165) is 6.07 Å². The summed E-state index contributed by atoms with van der Waals surface area (Å²) in [7, 11) is -4.01. The highest BCUT2D eigenvalue weighted by Crippen LogP contribution is 2.23. The van der Waals surface area contributed by atoms with Crippen molar-refractivity contribution in [1.29, 1.82) is 0 Å². The second-order valence-electron chi connectivity index (χ2n) is 4.38. The fraction of sp³-hybridized carbons (Fsp3) is 0.364. The monoisotopic (exact) mass is 388 g/mol. The minimum absolute atomic E-state index is 0.115. The molecular formula is C11H12BrF3N2O3S. The Morgan fingerprint density at radius 3 is 2.48 bits per heavy atom. The van der Waals surface area contributed by atoms with Crippen LogP contribution in [0.4, 0.5) is 13.2 Å². The summed E-state index contributed by atoms with van der Waals surface area (Å²) in [5.74, 6) is -0.830. The number of hydrogen-bond donors (Lipinski definition) is 2. The van der Waals surface area contributed by atoms with Gasteiger partial charge in [0, 0.05) is 10.5 Å². The molecule has 0 radical (unpaired) electrons. The lowest BCUT2D eigenvalue weighted by Gasteiger charge is -2.16. The number of halogens is 4. The molecule has 0 aromatic heterocycles. The molecule has 0 aliphatic heterocycles. The van der Waals surface area contributed by atoms with Crippen LogP contribution in [-0.2, 0) is 10.0 Å². The summed E-state index contributed by atoms with van der Waals surface area (Å²) in [5.41, 5.74) is -0.115. The van der Waals surface area contributed by atoms with E-state index in [2.05, 4.69) is 21.2 Å². The van der Waals surface area contributed by atoms with Gasteiger partial charge in [-0.05, 0) is 41.1 Å². The number of nitrogens with two attached hydrogens (primary N) is 1. The van der Waals surface area contributed by atoms with Crippen LogP contribution in [0.2, 0.25) is 0 Å². The first-order valence-corrected chi connectivity index (χ1v) is 7.94. The third-order valence-electron chi connectivity index (χ3n) is 2.43. The first-order chi connectivity index (χ1) is 9.40. The molecule has 1 amide bonds. The molecule has 0 heterocycles. The number of rotatable bonds is 4. The van der Waals surface area contributed by atoms with E-state index >= 15 is 0 Å². The topological polar surface area (TPSA) is 89.3 Å². The first-order valence-electron chi connectivity index (χ1n) is 5.60. The number of primary sulfonamides is 1. The molecule has 0 aliphatic carbocycles. The van der Waals surface area contributed by atoms with Gasteiger partial charge in [0.05, 0.1) is 16.9 Å². The van der Waals surface area contributed by atoms with Crippen LogP contribution in [0.5, 0.6) is 0 Å². The van der Waals surface area contributed by atoms with Gasteiger partial charge >= 0.3 is 6.18 Å². The SMILES string of the molecule is CC(CC(F)(F)F)NC(=O)c1cc(S(N)(=O)=O)ccc1Br. The van der Waals surface area contributed by atoms with Crippen LogP contribution in [0.1, 0.15) is 23.7 Å². The zero-order valence-electron chi connectivity index (χ0n) is 10.7. The molecule has 0 fully saturated rings. The summed E-state index contributed by atoms with van der Waals surface area (Å²) >= 11 is 3.03. The van der Waals surface area contributed by atoms with Crippen molar-refractivity contribution in [3.63, 3.8) is 0 Å². The third kappa shape index (κ3) is 5.64. The lowest BCUT2D eigenvalue weighted by atomic mass is 10.1. The highest BCUT2D eigenvalue weighted by Gasteiger charge is 2.31. The molecular weight excluding hydrogens is 377 g/mol. The first kappa shape index (κ1) is 17.9. The van der Waals surface area contributed by atoms with Crippen LogP contribution >= 0.6 is 15.9 Å². The molecule has 0 spiro atoms. The molecule has 0 saturated heterocycles. The number of nitrogens with one attached hydrogen (secondary N) is 1. The molecule has 10 heteroatoms. The average Bonchev–Trinajstić information content (AvgIpc) is 2.24. The van der Waals surface area contributed by atoms with Gasteiger partial charge in [-0.3, -0.25) is 4.79 Å². The van der Waals surface area contributed by atoms with Crippen molar-refractivity contribution in [2.24, 2.45) is 5.14 Å². The van der Waals surface area contributed by atoms with Crippen LogP contribution in [0.15, 0.2) is 27.6 Å². The minimum atomic E-state index is -4.41. The summed E-state index contributed by atoms with van der Waals surface area (Å²) in [6, 6.07) is 2.30. The second kappa shape index (κ2) is 6.32. The third-order valence-corrected chi connectivity index (χ3v) is 4.03. The minimum Gasteiger partial charge on any atom is -0.349 e. The lowest BCUT2D eigenvalue weighted by Crippen LogP contribution is -2.36. The van der Waals surface area contributed by atoms with Gasteiger partial charge < -0.3 is 5.32 Å². The molecule has 1 aromatic carbocycles. The van der Waals surface area contributed by atoms with E-state index in [-0.39, 0.29) is 14.9 Å². The van der Waals surface area contributed by atoms with Crippen molar-refractivity contribution >= 4 is 31.9 Å². The molecule has 0 saturated carbocycles. The van der Waals surface area contributed by atoms with E-state index in [0.29, 0.717) is 0 Å². The average molecular weight is 389 g/mol. The van der Waals surface area contributed by atoms with Crippen LogP contribution < -0.4 is 10.5 Å². The maximum Gasteiger partial charge on any atom is 0.391 e. The number of sulfonamides is 1. The van der Waals surface area contributed by atoms with E-state index in [4.69, 9.17) is 5.14 Å². The Bertz CT molecular complexity index is 647. The quantitative estimate of drug-likeness (QED) is 0.827. The van der Waals surface area contributed by atoms with E-state index < -0.39 is 34.6 Å². The van der Waals surface area contributed by atoms with Crippen molar-refractivity contribution in [3.05, 3.63) is 28.2 Å². The Labute approximate surface area is 127 Å². The summed E-state index contributed by atoms with van der Waals surface area (Å²) in [6.07, 6.45) is -5.60. The van der Waals surface area contributed by atoms with Crippen molar-refractivity contribution < 1.29 is 26.4 Å². The van der Waals surface area contributed by atoms with Crippen molar-refractivity contribution in [2.75, 3.05) is 0 Å². The molecule has 0 aliphatic rings. The standard InChI is InChI=1S/C11H12BrF3N2O3S/c1-6(5-11(13,14)15)17-10(18)8-4-7(21(16,19)20)2-3-9(8)12/h2-4,6H,5H2,1H3,(H,17,18)(H2,16,19,20). The fourth-order valence-electron chi connectivity index (χ4n) is 1.56. The predicted octanol–water partition coefficient (Wildman–Crippen LogP) is 2.17. The molecule has 0 bridgehead atoms. The maximum absolute atomic E-state index is 12.2. The Kier molecular flexibility index (Phi) is 5.40. The number of benzene rings is 1. The summed E-state index contributed by atoms with van der Waals surface area (Å²) in [6.45, 7) is 1.20. The van der Waals surface area contributed by atoms with Crippen molar-refractivity contribution in [1.82, 2.24) is 5.32 Å². The number of alkyl halides is 3. The van der Waals surface area contributed by atoms with E-state index in [1.165, 1.54) is 19.1 Å². The molecule has 1 unspecified atom stereocenters. The number of hydrogen-bond acceptors (Lipinski definition) is 3. The molecule has 1 atom stereocenters. The van der Waals surface area contributed by atoms with Crippen LogP contribution in [0, 0.1) is 0 Å². The molecule has 5 nitrogen and oxygen atoms in total. The Morgan fingerprint density at radius 1 is 1.43 bits per heavy atom. The van der Waals surface area contributed by atoms with Crippen molar-refractivity contribution in [3.8, 4) is 0 Å². The Morgan fingerprint density at radius 2 is 2.00 bits per heavy atom. The molecule has 3 N–H and O–H groups in total. The number of carbonyl (C=O) groups excluding carboxylic acids is 1. The van der Waals surface area contributed by atoms with Gasteiger partial charge in [-0.1, -0.05) is 0 Å². The van der Waals surface area contributed by atoms with E-state index in [1.54, 1.807) is 0 Å². The van der Waals surface area contributed by atoms with Crippen LogP contribution in [0.3, 0.4) is 0 Å². The Hall–Kier alpha value is -1.13. The summed E-state index contributed by atoms with van der Waals surface area (Å²) in [5, 5.41) is 7.08. The number of carbonyl (C=O) groups is 1. The van der Waals surface area contributed by atoms with Gasteiger partial charge in [0.15, 0.2) is 0 Å². The van der Waals surface area contributed by atoms with Gasteiger partial charge in [-0.15, -0.1) is 0 Å². The molecule has 21 heavy (non-hydrogen) atoms. The summed E-state index contributed by atoms with van der Waals surface area (Å²) < 4.78 is 59.3. The van der Waals surface area contributed by atoms with E-state index in [1.807, 2.05) is 0 Å². The van der Waals surface area contributed by atoms with Gasteiger partial charge in [0.25, 0.3) is 5.91 Å². The van der Waals surface area contributed by atoms with Gasteiger partial charge in [-0.2, -0.15) is 13.2 Å². The van der Waals surface area contributed by atoms with Crippen LogP contribution in [-0.4, -0.2) is 26.5 Å². The predicted molar refractivity (Wildman–Crippen MR) is 73.1 cm³/mol. The van der Waals surface area contributed by atoms with Crippen LogP contribution in [0.25, 0.3) is 0 Å². The molecule has 1 rings (SSSR count). The van der Waals surface area contributed by atoms with Gasteiger partial charge in [0.2, 0.25) is 10.0 Å². The maximum atomic E-state index is 12.2. The highest BCUT2D eigenvalue weighted by atomic mass is 79.9. The molecule has 1 aromatic rings. The van der Waals surface area contributed by atoms with E-state index in [9.17, 15) is 26.4 Å². The second-order valence-corrected chi connectivity index (χ2v) is 6.80. The Balaban J connectivity index is 2.98. The fourth-order valence-corrected chi connectivity index (χ4v) is 2.52. The lowest BCUT2D eigenvalue weighted by molar-refractivity contribution is -0.138. The zero-order chi connectivity index (χ0) is 16.4. The smallest absolute Gasteiger partial charge is 0.349 e. The normalized spacial score (nSPS) is 13.8. The van der Waals surface area contributed by atoms with Gasteiger partial charge in [0.1, 0.15) is 0 Å². The highest BCUT2D eigenvalue weighted by molar-refractivity contribution is 9.10. The largest absolute Gasteiger partial charge is 0.391 e. The molecule has 118 valence electrons. The van der Waals surface area contributed by atoms with Crippen molar-refractivity contribution in [2.45, 2.75) is 30.5 Å². The van der Waals surface area contributed by atoms with Gasteiger partial charge in [-0.25, -0.2) is 13.6 Å². The zero-order valence-corrected chi connectivity index (χ0v) is 13.1. The summed E-state index contributed by atoms with van der Waals surface area (Å²) in [4.78, 5) is 11.6.